The summed E-state index contributed by atoms with van der Waals surface area (Å²) in [6.07, 6.45) is 12.7. The Labute approximate surface area is 119 Å². The molecule has 19 heavy (non-hydrogen) atoms. The summed E-state index contributed by atoms with van der Waals surface area (Å²) in [7, 11) is -0.144. The first-order valence-electron chi connectivity index (χ1n) is 6.60. The van der Waals surface area contributed by atoms with Crippen molar-refractivity contribution in [3.05, 3.63) is 75.2 Å². The van der Waals surface area contributed by atoms with E-state index >= 15 is 0 Å². The fourth-order valence-electron chi connectivity index (χ4n) is 2.81. The number of rotatable bonds is 2. The van der Waals surface area contributed by atoms with Crippen molar-refractivity contribution in [3.8, 4) is 0 Å². The molecular weight excluding hydrogens is 267 g/mol. The second-order valence-corrected chi connectivity index (χ2v) is 8.80. The highest BCUT2D eigenvalue weighted by molar-refractivity contribution is 8.11. The van der Waals surface area contributed by atoms with Crippen LogP contribution in [0.3, 0.4) is 0 Å². The highest BCUT2D eigenvalue weighted by Gasteiger charge is 2.28. The van der Waals surface area contributed by atoms with Crippen LogP contribution >= 0.6 is 19.7 Å². The van der Waals surface area contributed by atoms with Gasteiger partial charge in [0.05, 0.1) is 5.25 Å². The minimum atomic E-state index is -0.144. The maximum atomic E-state index is 2.42. The largest absolute Gasteiger partial charge is 0.113 e. The zero-order chi connectivity index (χ0) is 12.8. The molecule has 1 heterocycles. The van der Waals surface area contributed by atoms with E-state index in [4.69, 9.17) is 0 Å². The Bertz CT molecular complexity index is 664. The Hall–Kier alpha value is -1.04. The molecule has 0 N–H and O–H groups in total. The molecule has 0 amide bonds. The minimum Gasteiger partial charge on any atom is -0.113 e. The molecule has 3 aliphatic rings. The molecule has 0 aromatic heterocycles. The average molecular weight is 282 g/mol. The van der Waals surface area contributed by atoms with E-state index in [0.29, 0.717) is 5.25 Å². The Balaban J connectivity index is 1.59. The molecule has 0 radical (unpaired) electrons. The van der Waals surface area contributed by atoms with Gasteiger partial charge < -0.3 is 0 Å². The maximum Gasteiger partial charge on any atom is 0.0528 e. The molecule has 94 valence electrons. The van der Waals surface area contributed by atoms with Crippen LogP contribution < -0.4 is 0 Å². The van der Waals surface area contributed by atoms with Crippen molar-refractivity contribution in [3.63, 3.8) is 0 Å². The third-order valence-electron chi connectivity index (χ3n) is 3.95. The molecule has 1 aliphatic heterocycles. The molecule has 0 saturated heterocycles. The first-order valence-corrected chi connectivity index (χ1v) is 9.27. The average Bonchev–Trinajstić information content (AvgIpc) is 3.10. The highest BCUT2D eigenvalue weighted by Crippen LogP contribution is 2.61. The topological polar surface area (TPSA) is 0 Å². The van der Waals surface area contributed by atoms with Crippen LogP contribution in [-0.2, 0) is 6.42 Å². The normalized spacial score (nSPS) is 24.7. The summed E-state index contributed by atoms with van der Waals surface area (Å²) in [5.74, 6) is 0. The SMILES string of the molecule is CP(C1=Cc2ccccc2C1)C1=CC2=CC=CC2S1. The van der Waals surface area contributed by atoms with Gasteiger partial charge in [0.2, 0.25) is 0 Å². The molecule has 2 heteroatoms. The van der Waals surface area contributed by atoms with E-state index in [2.05, 4.69) is 61.3 Å². The van der Waals surface area contributed by atoms with E-state index in [-0.39, 0.29) is 7.92 Å². The van der Waals surface area contributed by atoms with Crippen LogP contribution in [0, 0.1) is 0 Å². The fraction of sp³-hybridized carbons (Fsp3) is 0.176. The lowest BCUT2D eigenvalue weighted by Crippen LogP contribution is -1.89. The monoisotopic (exact) mass is 282 g/mol. The third-order valence-corrected chi connectivity index (χ3v) is 8.07. The van der Waals surface area contributed by atoms with Crippen molar-refractivity contribution < 1.29 is 0 Å². The standard InChI is InChI=1S/C17H15PS/c1-18(17-11-14-7-4-8-16(14)19-17)15-9-12-5-2-3-6-13(12)10-15/h2-9,11,16H,10H2,1H3. The van der Waals surface area contributed by atoms with Gasteiger partial charge in [0, 0.05) is 4.65 Å². The molecular formula is C17H15PS. The predicted molar refractivity (Wildman–Crippen MR) is 87.7 cm³/mol. The van der Waals surface area contributed by atoms with Gasteiger partial charge in [-0.15, -0.1) is 11.8 Å². The number of allylic oxidation sites excluding steroid dienone is 4. The Morgan fingerprint density at radius 1 is 1.21 bits per heavy atom. The fourth-order valence-corrected chi connectivity index (χ4v) is 6.42. The van der Waals surface area contributed by atoms with Gasteiger partial charge in [-0.25, -0.2) is 0 Å². The summed E-state index contributed by atoms with van der Waals surface area (Å²) in [6, 6.07) is 8.79. The van der Waals surface area contributed by atoms with Gasteiger partial charge in [0.15, 0.2) is 0 Å². The van der Waals surface area contributed by atoms with E-state index < -0.39 is 0 Å². The molecule has 1 aromatic rings. The number of hydrogen-bond acceptors (Lipinski definition) is 1. The van der Waals surface area contributed by atoms with Gasteiger partial charge in [-0.1, -0.05) is 48.6 Å². The Kier molecular flexibility index (Phi) is 2.79. The third kappa shape index (κ3) is 1.96. The zero-order valence-electron chi connectivity index (χ0n) is 10.8. The van der Waals surface area contributed by atoms with Gasteiger partial charge >= 0.3 is 0 Å². The number of hydrogen-bond donors (Lipinski definition) is 0. The van der Waals surface area contributed by atoms with Crippen LogP contribution in [-0.4, -0.2) is 11.9 Å². The number of benzene rings is 1. The molecule has 1 aromatic carbocycles. The summed E-state index contributed by atoms with van der Waals surface area (Å²) in [5.41, 5.74) is 4.41. The van der Waals surface area contributed by atoms with Crippen molar-refractivity contribution in [1.29, 1.82) is 0 Å². The van der Waals surface area contributed by atoms with Crippen LogP contribution in [0.1, 0.15) is 11.1 Å². The number of thioether (sulfide) groups is 1. The molecule has 0 saturated carbocycles. The first-order chi connectivity index (χ1) is 9.31. The van der Waals surface area contributed by atoms with E-state index in [1.165, 1.54) is 16.7 Å². The predicted octanol–water partition coefficient (Wildman–Crippen LogP) is 5.15. The molecule has 2 unspecified atom stereocenters. The van der Waals surface area contributed by atoms with Crippen molar-refractivity contribution >= 4 is 25.8 Å². The van der Waals surface area contributed by atoms with Gasteiger partial charge in [0.1, 0.15) is 0 Å². The molecule has 2 atom stereocenters. The summed E-state index contributed by atoms with van der Waals surface area (Å²) < 4.78 is 1.59. The van der Waals surface area contributed by atoms with Gasteiger partial charge in [-0.3, -0.25) is 0 Å². The van der Waals surface area contributed by atoms with Gasteiger partial charge in [-0.2, -0.15) is 0 Å². The van der Waals surface area contributed by atoms with E-state index in [1.54, 1.807) is 9.96 Å². The Morgan fingerprint density at radius 2 is 2.11 bits per heavy atom. The van der Waals surface area contributed by atoms with E-state index in [9.17, 15) is 0 Å². The molecule has 4 rings (SSSR count). The number of fused-ring (bicyclic) bond motifs is 2. The van der Waals surface area contributed by atoms with Crippen molar-refractivity contribution in [1.82, 2.24) is 0 Å². The van der Waals surface area contributed by atoms with E-state index in [1.807, 2.05) is 11.8 Å². The molecule has 0 spiro atoms. The van der Waals surface area contributed by atoms with Gasteiger partial charge in [-0.05, 0) is 49.1 Å². The summed E-state index contributed by atoms with van der Waals surface area (Å²) in [5, 5.41) is 2.23. The van der Waals surface area contributed by atoms with E-state index in [0.717, 1.165) is 6.42 Å². The molecule has 0 nitrogen and oxygen atoms in total. The summed E-state index contributed by atoms with van der Waals surface area (Å²) >= 11 is 2.05. The van der Waals surface area contributed by atoms with Crippen LogP contribution in [0.4, 0.5) is 0 Å². The van der Waals surface area contributed by atoms with Crippen LogP contribution in [0.2, 0.25) is 0 Å². The van der Waals surface area contributed by atoms with Crippen molar-refractivity contribution in [2.45, 2.75) is 11.7 Å². The maximum absolute atomic E-state index is 2.42. The van der Waals surface area contributed by atoms with Crippen LogP contribution in [0.25, 0.3) is 6.08 Å². The lowest BCUT2D eigenvalue weighted by molar-refractivity contribution is 1.29. The second-order valence-electron chi connectivity index (χ2n) is 5.14. The second kappa shape index (κ2) is 4.51. The lowest BCUT2D eigenvalue weighted by Gasteiger charge is -2.15. The quantitative estimate of drug-likeness (QED) is 0.676. The molecule has 0 fully saturated rings. The lowest BCUT2D eigenvalue weighted by atomic mass is 10.1. The van der Waals surface area contributed by atoms with Crippen molar-refractivity contribution in [2.75, 3.05) is 6.66 Å². The molecule has 2 aliphatic carbocycles. The summed E-state index contributed by atoms with van der Waals surface area (Å²) in [6.45, 7) is 2.41. The molecule has 0 bridgehead atoms. The Morgan fingerprint density at radius 3 is 2.95 bits per heavy atom. The highest BCUT2D eigenvalue weighted by atomic mass is 32.2. The minimum absolute atomic E-state index is 0.144. The first kappa shape index (κ1) is 11.8. The van der Waals surface area contributed by atoms with Crippen molar-refractivity contribution in [2.24, 2.45) is 0 Å². The van der Waals surface area contributed by atoms with Crippen LogP contribution in [0.5, 0.6) is 0 Å². The zero-order valence-corrected chi connectivity index (χ0v) is 12.5. The van der Waals surface area contributed by atoms with Crippen LogP contribution in [0.15, 0.2) is 64.1 Å². The van der Waals surface area contributed by atoms with Gasteiger partial charge in [0.25, 0.3) is 0 Å². The smallest absolute Gasteiger partial charge is 0.0528 e. The summed E-state index contributed by atoms with van der Waals surface area (Å²) in [4.78, 5) is 0.